The summed E-state index contributed by atoms with van der Waals surface area (Å²) in [7, 11) is 2.02. The smallest absolute Gasteiger partial charge is 0.101 e. The van der Waals surface area contributed by atoms with Gasteiger partial charge in [0, 0.05) is 5.56 Å². The number of benzene rings is 1. The molecule has 1 atom stereocenters. The molecule has 100 valence electrons. The van der Waals surface area contributed by atoms with Gasteiger partial charge in [-0.3, -0.25) is 0 Å². The van der Waals surface area contributed by atoms with E-state index in [4.69, 9.17) is 4.42 Å². The number of nitrogens with one attached hydrogen (secondary N) is 1. The molecule has 2 aromatic rings. The molecule has 1 N–H and O–H groups in total. The van der Waals surface area contributed by atoms with Crippen LogP contribution < -0.4 is 5.32 Å². The van der Waals surface area contributed by atoms with E-state index < -0.39 is 0 Å². The molecule has 1 saturated carbocycles. The van der Waals surface area contributed by atoms with Crippen LogP contribution in [0.5, 0.6) is 0 Å². The van der Waals surface area contributed by atoms with E-state index in [9.17, 15) is 0 Å². The highest BCUT2D eigenvalue weighted by Gasteiger charge is 2.25. The summed E-state index contributed by atoms with van der Waals surface area (Å²) in [6.07, 6.45) is 5.90. The monoisotopic (exact) mass is 255 g/mol. The van der Waals surface area contributed by atoms with Crippen molar-refractivity contribution < 1.29 is 4.42 Å². The van der Waals surface area contributed by atoms with E-state index in [1.54, 1.807) is 0 Å². The first-order valence-electron chi connectivity index (χ1n) is 7.10. The minimum atomic E-state index is 0.231. The van der Waals surface area contributed by atoms with Crippen LogP contribution in [-0.4, -0.2) is 7.05 Å². The highest BCUT2D eigenvalue weighted by Crippen LogP contribution is 2.40. The standard InChI is InChI=1S/C17H21NO/c1-12-10-14(11-19-12)17(18-2)16-9-4-3-8-15(16)13-6-5-7-13/h3-4,8-11,13,17-18H,5-7H2,1-2H3. The molecule has 0 spiro atoms. The van der Waals surface area contributed by atoms with Crippen LogP contribution in [0.25, 0.3) is 0 Å². The Hall–Kier alpha value is -1.54. The van der Waals surface area contributed by atoms with Crippen LogP contribution in [0.2, 0.25) is 0 Å². The van der Waals surface area contributed by atoms with Gasteiger partial charge in [0.2, 0.25) is 0 Å². The summed E-state index contributed by atoms with van der Waals surface area (Å²) in [4.78, 5) is 0. The predicted molar refractivity (Wildman–Crippen MR) is 77.4 cm³/mol. The van der Waals surface area contributed by atoms with Gasteiger partial charge < -0.3 is 9.73 Å². The molecule has 19 heavy (non-hydrogen) atoms. The Bertz CT molecular complexity index is 554. The maximum Gasteiger partial charge on any atom is 0.101 e. The van der Waals surface area contributed by atoms with Crippen molar-refractivity contribution >= 4 is 0 Å². The lowest BCUT2D eigenvalue weighted by atomic mass is 9.76. The molecule has 2 nitrogen and oxygen atoms in total. The van der Waals surface area contributed by atoms with E-state index in [1.807, 2.05) is 20.2 Å². The van der Waals surface area contributed by atoms with E-state index in [1.165, 1.54) is 36.0 Å². The summed E-state index contributed by atoms with van der Waals surface area (Å²) in [6, 6.07) is 11.2. The van der Waals surface area contributed by atoms with Crippen molar-refractivity contribution in [2.24, 2.45) is 0 Å². The maximum atomic E-state index is 5.47. The number of hydrogen-bond acceptors (Lipinski definition) is 2. The molecule has 1 aliphatic carbocycles. The van der Waals surface area contributed by atoms with Gasteiger partial charge >= 0.3 is 0 Å². The number of hydrogen-bond donors (Lipinski definition) is 1. The molecule has 1 aliphatic rings. The summed E-state index contributed by atoms with van der Waals surface area (Å²) in [5.74, 6) is 1.72. The third kappa shape index (κ3) is 2.33. The third-order valence-corrected chi connectivity index (χ3v) is 4.22. The first kappa shape index (κ1) is 12.5. The summed E-state index contributed by atoms with van der Waals surface area (Å²) >= 11 is 0. The molecule has 1 aromatic carbocycles. The van der Waals surface area contributed by atoms with Crippen molar-refractivity contribution in [1.29, 1.82) is 0 Å². The molecule has 0 amide bonds. The van der Waals surface area contributed by atoms with Crippen LogP contribution in [0.3, 0.4) is 0 Å². The average Bonchev–Trinajstić information content (AvgIpc) is 2.77. The van der Waals surface area contributed by atoms with Gasteiger partial charge in [0.25, 0.3) is 0 Å². The van der Waals surface area contributed by atoms with Crippen molar-refractivity contribution in [2.45, 2.75) is 38.1 Å². The molecule has 3 rings (SSSR count). The minimum Gasteiger partial charge on any atom is -0.469 e. The molecule has 0 aliphatic heterocycles. The number of furan rings is 1. The molecular formula is C17H21NO. The Kier molecular flexibility index (Phi) is 3.43. The first-order valence-corrected chi connectivity index (χ1v) is 7.10. The van der Waals surface area contributed by atoms with Crippen LogP contribution in [0.4, 0.5) is 0 Å². The Balaban J connectivity index is 1.99. The first-order chi connectivity index (χ1) is 9.29. The van der Waals surface area contributed by atoms with Gasteiger partial charge in [-0.15, -0.1) is 0 Å². The van der Waals surface area contributed by atoms with Crippen molar-refractivity contribution in [3.63, 3.8) is 0 Å². The second-order valence-corrected chi connectivity index (χ2v) is 5.47. The van der Waals surface area contributed by atoms with Crippen LogP contribution in [0.1, 0.15) is 53.7 Å². The Morgan fingerprint density at radius 2 is 2.05 bits per heavy atom. The fraction of sp³-hybridized carbons (Fsp3) is 0.412. The van der Waals surface area contributed by atoms with Crippen molar-refractivity contribution in [3.8, 4) is 0 Å². The molecular weight excluding hydrogens is 234 g/mol. The van der Waals surface area contributed by atoms with Crippen LogP contribution in [-0.2, 0) is 0 Å². The van der Waals surface area contributed by atoms with E-state index in [2.05, 4.69) is 35.6 Å². The number of aryl methyl sites for hydroxylation is 1. The molecule has 0 bridgehead atoms. The summed E-state index contributed by atoms with van der Waals surface area (Å²) < 4.78 is 5.47. The molecule has 1 aromatic heterocycles. The molecule has 0 radical (unpaired) electrons. The zero-order valence-electron chi connectivity index (χ0n) is 11.6. The minimum absolute atomic E-state index is 0.231. The molecule has 1 fully saturated rings. The van der Waals surface area contributed by atoms with Gasteiger partial charge in [0.15, 0.2) is 0 Å². The van der Waals surface area contributed by atoms with E-state index >= 15 is 0 Å². The quantitative estimate of drug-likeness (QED) is 0.887. The Morgan fingerprint density at radius 1 is 1.26 bits per heavy atom. The maximum absolute atomic E-state index is 5.47. The molecule has 0 saturated heterocycles. The lowest BCUT2D eigenvalue weighted by Crippen LogP contribution is -2.21. The van der Waals surface area contributed by atoms with Crippen LogP contribution >= 0.6 is 0 Å². The highest BCUT2D eigenvalue weighted by molar-refractivity contribution is 5.39. The normalized spacial score (nSPS) is 17.2. The summed E-state index contributed by atoms with van der Waals surface area (Å²) in [6.45, 7) is 1.99. The van der Waals surface area contributed by atoms with E-state index in [-0.39, 0.29) is 6.04 Å². The predicted octanol–water partition coefficient (Wildman–Crippen LogP) is 4.16. The van der Waals surface area contributed by atoms with Gasteiger partial charge in [0.05, 0.1) is 12.3 Å². The SMILES string of the molecule is CNC(c1coc(C)c1)c1ccccc1C1CCC1. The Labute approximate surface area is 114 Å². The largest absolute Gasteiger partial charge is 0.469 e. The van der Waals surface area contributed by atoms with Gasteiger partial charge in [-0.05, 0) is 49.9 Å². The zero-order chi connectivity index (χ0) is 13.2. The lowest BCUT2D eigenvalue weighted by Gasteiger charge is -2.30. The average molecular weight is 255 g/mol. The van der Waals surface area contributed by atoms with Crippen molar-refractivity contribution in [1.82, 2.24) is 5.32 Å². The van der Waals surface area contributed by atoms with Crippen LogP contribution in [0, 0.1) is 6.92 Å². The second-order valence-electron chi connectivity index (χ2n) is 5.47. The topological polar surface area (TPSA) is 25.2 Å². The van der Waals surface area contributed by atoms with E-state index in [0.29, 0.717) is 0 Å². The van der Waals surface area contributed by atoms with Crippen molar-refractivity contribution in [3.05, 3.63) is 59.0 Å². The summed E-state index contributed by atoms with van der Waals surface area (Å²) in [5.41, 5.74) is 4.12. The molecule has 1 heterocycles. The Morgan fingerprint density at radius 3 is 2.63 bits per heavy atom. The molecule has 1 unspecified atom stereocenters. The third-order valence-electron chi connectivity index (χ3n) is 4.22. The van der Waals surface area contributed by atoms with Gasteiger partial charge in [-0.1, -0.05) is 30.7 Å². The fourth-order valence-electron chi connectivity index (χ4n) is 2.98. The number of rotatable bonds is 4. The van der Waals surface area contributed by atoms with Gasteiger partial charge in [0.1, 0.15) is 5.76 Å². The zero-order valence-corrected chi connectivity index (χ0v) is 11.6. The fourth-order valence-corrected chi connectivity index (χ4v) is 2.98. The molecule has 2 heteroatoms. The second kappa shape index (κ2) is 5.22. The van der Waals surface area contributed by atoms with Gasteiger partial charge in [-0.25, -0.2) is 0 Å². The van der Waals surface area contributed by atoms with Crippen LogP contribution in [0.15, 0.2) is 41.0 Å². The van der Waals surface area contributed by atoms with E-state index in [0.717, 1.165) is 11.7 Å². The summed E-state index contributed by atoms with van der Waals surface area (Å²) in [5, 5.41) is 3.43. The van der Waals surface area contributed by atoms with Crippen molar-refractivity contribution in [2.75, 3.05) is 7.05 Å². The lowest BCUT2D eigenvalue weighted by molar-refractivity contribution is 0.415. The van der Waals surface area contributed by atoms with Gasteiger partial charge in [-0.2, -0.15) is 0 Å². The highest BCUT2D eigenvalue weighted by atomic mass is 16.3.